The molecule has 0 saturated carbocycles. The lowest BCUT2D eigenvalue weighted by Crippen LogP contribution is -1.93. The third-order valence-corrected chi connectivity index (χ3v) is 2.84. The van der Waals surface area contributed by atoms with Gasteiger partial charge in [-0.2, -0.15) is 0 Å². The van der Waals surface area contributed by atoms with Crippen molar-refractivity contribution in [2.45, 2.75) is 13.8 Å². The van der Waals surface area contributed by atoms with Crippen molar-refractivity contribution in [3.05, 3.63) is 53.3 Å². The molecule has 0 atom stereocenters. The Morgan fingerprint density at radius 1 is 1.30 bits per heavy atom. The molecule has 0 heterocycles. The van der Waals surface area contributed by atoms with E-state index in [-0.39, 0.29) is 11.6 Å². The standard InChI is InChI=1S/C16H16FNO2/c1-3-20-15-6-4-5-12(16(15)19)10-18-13-8-7-11(2)14(17)9-13/h4-10,19H,3H2,1-2H3. The van der Waals surface area contributed by atoms with Crippen molar-refractivity contribution in [3.63, 3.8) is 0 Å². The molecule has 0 aliphatic carbocycles. The van der Waals surface area contributed by atoms with Gasteiger partial charge in [-0.15, -0.1) is 0 Å². The average molecular weight is 273 g/mol. The lowest BCUT2D eigenvalue weighted by Gasteiger charge is -2.07. The summed E-state index contributed by atoms with van der Waals surface area (Å²) in [4.78, 5) is 4.16. The smallest absolute Gasteiger partial charge is 0.166 e. The number of phenolic OH excluding ortho intramolecular Hbond substituents is 1. The minimum atomic E-state index is -0.299. The molecule has 2 aromatic rings. The molecule has 0 bridgehead atoms. The van der Waals surface area contributed by atoms with Gasteiger partial charge in [0.25, 0.3) is 0 Å². The minimum Gasteiger partial charge on any atom is -0.504 e. The third kappa shape index (κ3) is 3.15. The van der Waals surface area contributed by atoms with E-state index in [1.807, 2.05) is 6.92 Å². The summed E-state index contributed by atoms with van der Waals surface area (Å²) < 4.78 is 18.7. The molecule has 0 spiro atoms. The summed E-state index contributed by atoms with van der Waals surface area (Å²) in [5.41, 5.74) is 1.59. The predicted octanol–water partition coefficient (Wildman–Crippen LogP) is 3.99. The van der Waals surface area contributed by atoms with E-state index in [2.05, 4.69) is 4.99 Å². The highest BCUT2D eigenvalue weighted by atomic mass is 19.1. The first-order valence-electron chi connectivity index (χ1n) is 6.37. The molecule has 3 nitrogen and oxygen atoms in total. The molecule has 2 rings (SSSR count). The first kappa shape index (κ1) is 14.1. The molecule has 0 saturated heterocycles. The molecule has 0 aromatic heterocycles. The highest BCUT2D eigenvalue weighted by Crippen LogP contribution is 2.29. The number of halogens is 1. The summed E-state index contributed by atoms with van der Waals surface area (Å²) in [6.07, 6.45) is 1.49. The van der Waals surface area contributed by atoms with Gasteiger partial charge in [-0.25, -0.2) is 4.39 Å². The summed E-state index contributed by atoms with van der Waals surface area (Å²) in [6.45, 7) is 4.01. The second-order valence-corrected chi connectivity index (χ2v) is 4.32. The van der Waals surface area contributed by atoms with Gasteiger partial charge in [0.05, 0.1) is 12.3 Å². The van der Waals surface area contributed by atoms with Gasteiger partial charge in [-0.05, 0) is 43.7 Å². The number of phenols is 1. The fourth-order valence-corrected chi connectivity index (χ4v) is 1.72. The molecule has 1 N–H and O–H groups in total. The molecule has 0 fully saturated rings. The maximum atomic E-state index is 13.4. The van der Waals surface area contributed by atoms with Gasteiger partial charge in [0.1, 0.15) is 5.82 Å². The van der Waals surface area contributed by atoms with E-state index in [0.717, 1.165) is 0 Å². The minimum absolute atomic E-state index is 0.0330. The summed E-state index contributed by atoms with van der Waals surface area (Å²) in [5.74, 6) is 0.143. The van der Waals surface area contributed by atoms with Crippen molar-refractivity contribution in [2.24, 2.45) is 4.99 Å². The number of hydrogen-bond acceptors (Lipinski definition) is 3. The number of benzene rings is 2. The van der Waals surface area contributed by atoms with Crippen LogP contribution in [-0.2, 0) is 0 Å². The van der Waals surface area contributed by atoms with Gasteiger partial charge in [0.15, 0.2) is 11.5 Å². The molecule has 0 aliphatic rings. The zero-order chi connectivity index (χ0) is 14.5. The van der Waals surface area contributed by atoms with E-state index in [4.69, 9.17) is 4.74 Å². The average Bonchev–Trinajstić information content (AvgIpc) is 2.44. The Morgan fingerprint density at radius 3 is 2.80 bits per heavy atom. The van der Waals surface area contributed by atoms with Gasteiger partial charge in [0.2, 0.25) is 0 Å². The second-order valence-electron chi connectivity index (χ2n) is 4.32. The number of ether oxygens (including phenoxy) is 1. The van der Waals surface area contributed by atoms with E-state index >= 15 is 0 Å². The van der Waals surface area contributed by atoms with E-state index in [9.17, 15) is 9.50 Å². The van der Waals surface area contributed by atoms with Crippen LogP contribution in [0.25, 0.3) is 0 Å². The maximum absolute atomic E-state index is 13.4. The molecule has 20 heavy (non-hydrogen) atoms. The Bertz CT molecular complexity index is 638. The quantitative estimate of drug-likeness (QED) is 0.856. The van der Waals surface area contributed by atoms with Crippen LogP contribution in [0, 0.1) is 12.7 Å². The second kappa shape index (κ2) is 6.19. The lowest BCUT2D eigenvalue weighted by molar-refractivity contribution is 0.318. The van der Waals surface area contributed by atoms with Crippen molar-refractivity contribution in [3.8, 4) is 11.5 Å². The number of para-hydroxylation sites is 1. The summed E-state index contributed by atoms with van der Waals surface area (Å²) in [6, 6.07) is 9.90. The number of hydrogen-bond donors (Lipinski definition) is 1. The summed E-state index contributed by atoms with van der Waals surface area (Å²) in [5, 5.41) is 10.0. The van der Waals surface area contributed by atoms with E-state index in [1.54, 1.807) is 37.3 Å². The molecule has 0 unspecified atom stereocenters. The van der Waals surface area contributed by atoms with Gasteiger partial charge in [-0.1, -0.05) is 12.1 Å². The normalized spacial score (nSPS) is 10.9. The number of aryl methyl sites for hydroxylation is 1. The number of aliphatic imine (C=N–C) groups is 1. The van der Waals surface area contributed by atoms with Crippen LogP contribution in [0.4, 0.5) is 10.1 Å². The van der Waals surface area contributed by atoms with Gasteiger partial charge >= 0.3 is 0 Å². The lowest BCUT2D eigenvalue weighted by atomic mass is 10.2. The van der Waals surface area contributed by atoms with Crippen molar-refractivity contribution in [1.82, 2.24) is 0 Å². The Labute approximate surface area is 117 Å². The fourth-order valence-electron chi connectivity index (χ4n) is 1.72. The van der Waals surface area contributed by atoms with Crippen molar-refractivity contribution in [2.75, 3.05) is 6.61 Å². The molecule has 104 valence electrons. The monoisotopic (exact) mass is 273 g/mol. The largest absolute Gasteiger partial charge is 0.504 e. The van der Waals surface area contributed by atoms with Crippen LogP contribution in [0.3, 0.4) is 0 Å². The highest BCUT2D eigenvalue weighted by Gasteiger charge is 2.05. The summed E-state index contributed by atoms with van der Waals surface area (Å²) in [7, 11) is 0. The highest BCUT2D eigenvalue weighted by molar-refractivity contribution is 5.86. The van der Waals surface area contributed by atoms with E-state index in [0.29, 0.717) is 29.2 Å². The molecule has 0 radical (unpaired) electrons. The van der Waals surface area contributed by atoms with Crippen LogP contribution in [-0.4, -0.2) is 17.9 Å². The maximum Gasteiger partial charge on any atom is 0.166 e. The van der Waals surface area contributed by atoms with Crippen LogP contribution in [0.15, 0.2) is 41.4 Å². The zero-order valence-electron chi connectivity index (χ0n) is 11.4. The zero-order valence-corrected chi connectivity index (χ0v) is 11.4. The molecular formula is C16H16FNO2. The van der Waals surface area contributed by atoms with Crippen molar-refractivity contribution >= 4 is 11.9 Å². The molecule has 4 heteroatoms. The van der Waals surface area contributed by atoms with E-state index < -0.39 is 0 Å². The predicted molar refractivity (Wildman–Crippen MR) is 77.7 cm³/mol. The van der Waals surface area contributed by atoms with Crippen LogP contribution in [0.2, 0.25) is 0 Å². The van der Waals surface area contributed by atoms with Crippen LogP contribution >= 0.6 is 0 Å². The third-order valence-electron chi connectivity index (χ3n) is 2.84. The number of nitrogens with zero attached hydrogens (tertiary/aromatic N) is 1. The van der Waals surface area contributed by atoms with Crippen LogP contribution in [0.1, 0.15) is 18.1 Å². The molecule has 0 aliphatic heterocycles. The molecule has 0 amide bonds. The molecular weight excluding hydrogens is 257 g/mol. The topological polar surface area (TPSA) is 41.8 Å². The SMILES string of the molecule is CCOc1cccc(C=Nc2ccc(C)c(F)c2)c1O. The van der Waals surface area contributed by atoms with E-state index in [1.165, 1.54) is 12.3 Å². The van der Waals surface area contributed by atoms with Crippen molar-refractivity contribution < 1.29 is 14.2 Å². The number of rotatable bonds is 4. The van der Waals surface area contributed by atoms with Crippen molar-refractivity contribution in [1.29, 1.82) is 0 Å². The van der Waals surface area contributed by atoms with Gasteiger partial charge in [-0.3, -0.25) is 4.99 Å². The molecule has 2 aromatic carbocycles. The number of aromatic hydroxyl groups is 1. The first-order valence-corrected chi connectivity index (χ1v) is 6.37. The van der Waals surface area contributed by atoms with Gasteiger partial charge in [0, 0.05) is 11.8 Å². The summed E-state index contributed by atoms with van der Waals surface area (Å²) >= 11 is 0. The Kier molecular flexibility index (Phi) is 4.35. The fraction of sp³-hybridized carbons (Fsp3) is 0.188. The van der Waals surface area contributed by atoms with Crippen LogP contribution < -0.4 is 4.74 Å². The Hall–Kier alpha value is -2.36. The van der Waals surface area contributed by atoms with Gasteiger partial charge < -0.3 is 9.84 Å². The Morgan fingerprint density at radius 2 is 2.10 bits per heavy atom. The Balaban J connectivity index is 2.27. The van der Waals surface area contributed by atoms with Crippen LogP contribution in [0.5, 0.6) is 11.5 Å². The first-order chi connectivity index (χ1) is 9.61.